The summed E-state index contributed by atoms with van der Waals surface area (Å²) in [5, 5.41) is 6.20. The van der Waals surface area contributed by atoms with Gasteiger partial charge < -0.3 is 30.2 Å². The summed E-state index contributed by atoms with van der Waals surface area (Å²) in [6.45, 7) is 5.42. The molecular formula is C22H29N5O3. The van der Waals surface area contributed by atoms with Crippen LogP contribution < -0.4 is 21.1 Å². The lowest BCUT2D eigenvalue weighted by Gasteiger charge is -2.34. The minimum atomic E-state index is -0.418. The topological polar surface area (TPSA) is 89.7 Å². The van der Waals surface area contributed by atoms with Crippen molar-refractivity contribution in [2.45, 2.75) is 18.9 Å². The molecule has 0 unspecified atom stereocenters. The number of benzene rings is 1. The van der Waals surface area contributed by atoms with E-state index in [-0.39, 0.29) is 11.6 Å². The first-order valence-corrected chi connectivity index (χ1v) is 10.5. The van der Waals surface area contributed by atoms with Gasteiger partial charge >= 0.3 is 0 Å². The Balaban J connectivity index is 1.45. The third-order valence-electron chi connectivity index (χ3n) is 5.76. The molecule has 2 aliphatic heterocycles. The van der Waals surface area contributed by atoms with E-state index in [2.05, 4.69) is 32.5 Å². The van der Waals surface area contributed by atoms with Crippen LogP contribution in [0.1, 0.15) is 23.2 Å². The number of aromatic amines is 1. The third kappa shape index (κ3) is 4.83. The van der Waals surface area contributed by atoms with Crippen molar-refractivity contribution in [1.82, 2.24) is 9.88 Å². The van der Waals surface area contributed by atoms with Crippen LogP contribution in [-0.2, 0) is 4.74 Å². The van der Waals surface area contributed by atoms with Crippen LogP contribution in [-0.4, -0.2) is 68.3 Å². The number of piperazine rings is 1. The molecule has 1 aromatic carbocycles. The smallest absolute Gasteiger partial charge is 0.263 e. The number of H-pyrrole nitrogens is 1. The molecule has 1 aromatic heterocycles. The summed E-state index contributed by atoms with van der Waals surface area (Å²) < 4.78 is 5.38. The maximum atomic E-state index is 12.9. The van der Waals surface area contributed by atoms with Crippen LogP contribution in [0.2, 0.25) is 0 Å². The molecule has 0 atom stereocenters. The van der Waals surface area contributed by atoms with Crippen LogP contribution in [0.15, 0.2) is 41.3 Å². The normalized spacial score (nSPS) is 18.2. The van der Waals surface area contributed by atoms with Crippen LogP contribution >= 0.6 is 0 Å². The lowest BCUT2D eigenvalue weighted by molar-refractivity contribution is 0.0904. The number of amides is 1. The zero-order valence-electron chi connectivity index (χ0n) is 17.3. The highest BCUT2D eigenvalue weighted by atomic mass is 16.5. The molecule has 0 aliphatic carbocycles. The van der Waals surface area contributed by atoms with E-state index in [1.807, 2.05) is 24.3 Å². The summed E-state index contributed by atoms with van der Waals surface area (Å²) >= 11 is 0. The summed E-state index contributed by atoms with van der Waals surface area (Å²) in [6, 6.07) is 9.72. The van der Waals surface area contributed by atoms with Gasteiger partial charge in [0, 0.05) is 63.0 Å². The molecular weight excluding hydrogens is 382 g/mol. The van der Waals surface area contributed by atoms with E-state index < -0.39 is 11.5 Å². The highest BCUT2D eigenvalue weighted by Gasteiger charge is 2.20. The van der Waals surface area contributed by atoms with Crippen molar-refractivity contribution in [1.29, 1.82) is 0 Å². The summed E-state index contributed by atoms with van der Waals surface area (Å²) in [5.74, 6) is -0.418. The fourth-order valence-corrected chi connectivity index (χ4v) is 3.90. The van der Waals surface area contributed by atoms with Gasteiger partial charge in [-0.3, -0.25) is 9.59 Å². The average Bonchev–Trinajstić information content (AvgIpc) is 2.76. The SMILES string of the molecule is CN1CCN(c2ccc(NC(=O)c3c(NC4CCOCC4)cc[nH]c3=O)cc2)CC1. The first kappa shape index (κ1) is 20.4. The van der Waals surface area contributed by atoms with Crippen molar-refractivity contribution in [2.75, 3.05) is 62.0 Å². The number of pyridine rings is 1. The van der Waals surface area contributed by atoms with Crippen LogP contribution in [0.4, 0.5) is 17.1 Å². The van der Waals surface area contributed by atoms with E-state index >= 15 is 0 Å². The maximum Gasteiger partial charge on any atom is 0.263 e. The van der Waals surface area contributed by atoms with E-state index in [9.17, 15) is 9.59 Å². The number of carbonyl (C=O) groups is 1. The molecule has 4 rings (SSSR count). The standard InChI is InChI=1S/C22H29N5O3/c1-26-10-12-27(13-11-26)18-4-2-16(3-5-18)25-22(29)20-19(6-9-23-21(20)28)24-17-7-14-30-15-8-17/h2-6,9,17H,7-8,10-15H2,1H3,(H,25,29)(H2,23,24,28). The van der Waals surface area contributed by atoms with Gasteiger partial charge in [0.05, 0.1) is 5.69 Å². The molecule has 0 bridgehead atoms. The molecule has 2 saturated heterocycles. The Morgan fingerprint density at radius 3 is 2.47 bits per heavy atom. The van der Waals surface area contributed by atoms with E-state index in [1.54, 1.807) is 12.3 Å². The molecule has 0 radical (unpaired) electrons. The zero-order chi connectivity index (χ0) is 20.9. The zero-order valence-corrected chi connectivity index (χ0v) is 17.3. The summed E-state index contributed by atoms with van der Waals surface area (Å²) in [5.41, 5.74) is 2.06. The van der Waals surface area contributed by atoms with E-state index in [0.29, 0.717) is 24.6 Å². The van der Waals surface area contributed by atoms with Gasteiger partial charge in [-0.2, -0.15) is 0 Å². The van der Waals surface area contributed by atoms with Crippen molar-refractivity contribution >= 4 is 23.0 Å². The number of ether oxygens (including phenoxy) is 1. The predicted octanol–water partition coefficient (Wildman–Crippen LogP) is 1.97. The number of hydrogen-bond acceptors (Lipinski definition) is 6. The molecule has 3 heterocycles. The Labute approximate surface area is 176 Å². The van der Waals surface area contributed by atoms with E-state index in [4.69, 9.17) is 4.74 Å². The molecule has 2 fully saturated rings. The molecule has 30 heavy (non-hydrogen) atoms. The van der Waals surface area contributed by atoms with Gasteiger partial charge in [-0.1, -0.05) is 0 Å². The number of anilines is 3. The molecule has 8 nitrogen and oxygen atoms in total. The van der Waals surface area contributed by atoms with Crippen LogP contribution in [0, 0.1) is 0 Å². The molecule has 2 aliphatic rings. The number of nitrogens with zero attached hydrogens (tertiary/aromatic N) is 2. The van der Waals surface area contributed by atoms with Gasteiger partial charge in [-0.25, -0.2) is 0 Å². The van der Waals surface area contributed by atoms with Crippen molar-refractivity contribution < 1.29 is 9.53 Å². The first-order valence-electron chi connectivity index (χ1n) is 10.5. The Bertz CT molecular complexity index is 913. The molecule has 8 heteroatoms. The van der Waals surface area contributed by atoms with Crippen molar-refractivity contribution in [3.05, 3.63) is 52.4 Å². The second-order valence-electron chi connectivity index (χ2n) is 7.92. The van der Waals surface area contributed by atoms with Gasteiger partial charge in [-0.05, 0) is 50.2 Å². The average molecular weight is 412 g/mol. The number of carbonyl (C=O) groups excluding carboxylic acids is 1. The van der Waals surface area contributed by atoms with Crippen molar-refractivity contribution in [3.8, 4) is 0 Å². The largest absolute Gasteiger partial charge is 0.381 e. The Morgan fingerprint density at radius 1 is 1.07 bits per heavy atom. The third-order valence-corrected chi connectivity index (χ3v) is 5.76. The second kappa shape index (κ2) is 9.32. The Kier molecular flexibility index (Phi) is 6.35. The lowest BCUT2D eigenvalue weighted by Crippen LogP contribution is -2.44. The fourth-order valence-electron chi connectivity index (χ4n) is 3.90. The Hall–Kier alpha value is -2.84. The van der Waals surface area contributed by atoms with Crippen LogP contribution in [0.5, 0.6) is 0 Å². The Morgan fingerprint density at radius 2 is 1.77 bits per heavy atom. The highest BCUT2D eigenvalue weighted by molar-refractivity contribution is 6.07. The number of hydrogen-bond donors (Lipinski definition) is 3. The number of aromatic nitrogens is 1. The monoisotopic (exact) mass is 411 g/mol. The summed E-state index contributed by atoms with van der Waals surface area (Å²) in [6.07, 6.45) is 3.26. The van der Waals surface area contributed by atoms with E-state index in [0.717, 1.165) is 44.7 Å². The van der Waals surface area contributed by atoms with E-state index in [1.165, 1.54) is 0 Å². The number of rotatable bonds is 5. The second-order valence-corrected chi connectivity index (χ2v) is 7.92. The first-order chi connectivity index (χ1) is 14.6. The molecule has 3 N–H and O–H groups in total. The molecule has 160 valence electrons. The summed E-state index contributed by atoms with van der Waals surface area (Å²) in [7, 11) is 2.13. The molecule has 0 saturated carbocycles. The lowest BCUT2D eigenvalue weighted by atomic mass is 10.1. The molecule has 1 amide bonds. The van der Waals surface area contributed by atoms with Gasteiger partial charge in [-0.15, -0.1) is 0 Å². The fraction of sp³-hybridized carbons (Fsp3) is 0.455. The van der Waals surface area contributed by atoms with Crippen LogP contribution in [0.25, 0.3) is 0 Å². The van der Waals surface area contributed by atoms with Gasteiger partial charge in [0.1, 0.15) is 5.56 Å². The quantitative estimate of drug-likeness (QED) is 0.697. The maximum absolute atomic E-state index is 12.9. The minimum absolute atomic E-state index is 0.104. The number of likely N-dealkylation sites (N-methyl/N-ethyl adjacent to an activating group) is 1. The van der Waals surface area contributed by atoms with Gasteiger partial charge in [0.15, 0.2) is 0 Å². The molecule has 0 spiro atoms. The predicted molar refractivity (Wildman–Crippen MR) is 119 cm³/mol. The summed E-state index contributed by atoms with van der Waals surface area (Å²) in [4.78, 5) is 32.6. The minimum Gasteiger partial charge on any atom is -0.381 e. The van der Waals surface area contributed by atoms with Gasteiger partial charge in [0.2, 0.25) is 0 Å². The number of nitrogens with one attached hydrogen (secondary N) is 3. The van der Waals surface area contributed by atoms with Crippen molar-refractivity contribution in [2.24, 2.45) is 0 Å². The van der Waals surface area contributed by atoms with Crippen molar-refractivity contribution in [3.63, 3.8) is 0 Å². The van der Waals surface area contributed by atoms with Crippen LogP contribution in [0.3, 0.4) is 0 Å². The highest BCUT2D eigenvalue weighted by Crippen LogP contribution is 2.21. The molecule has 2 aromatic rings. The van der Waals surface area contributed by atoms with Gasteiger partial charge in [0.25, 0.3) is 11.5 Å².